The molecule has 1 saturated heterocycles. The standard InChI is InChI=1S/C51H97NO10/c1-3-5-7-9-11-13-15-17-19-21-23-24-26-28-30-32-34-36-38-43(54)46(56)42(41-61-51-49(59)48(58)47(57)45(40-53)62-51)52-50(60)44(55)39-37-35-33-31-29-27-25-22-20-18-16-14-12-10-8-6-4-2/h23-24,30,32,42-49,51,53-59H,3-22,25-29,31,33-41H2,1-2H3,(H,52,60)/b24-23+,32-30+. The molecule has 1 aliphatic rings. The molecule has 8 N–H and O–H groups in total. The molecule has 1 amide bonds. The summed E-state index contributed by atoms with van der Waals surface area (Å²) in [5.41, 5.74) is 0. The molecule has 62 heavy (non-hydrogen) atoms. The van der Waals surface area contributed by atoms with E-state index in [1.807, 2.05) is 0 Å². The average Bonchev–Trinajstić information content (AvgIpc) is 3.27. The number of aliphatic hydroxyl groups excluding tert-OH is 7. The minimum atomic E-state index is -1.67. The monoisotopic (exact) mass is 884 g/mol. The number of ether oxygens (including phenoxy) is 2. The molecule has 0 aromatic heterocycles. The lowest BCUT2D eigenvalue weighted by Gasteiger charge is -2.40. The predicted octanol–water partition coefficient (Wildman–Crippen LogP) is 9.40. The zero-order chi connectivity index (χ0) is 45.5. The van der Waals surface area contributed by atoms with Crippen LogP contribution in [0.1, 0.15) is 226 Å². The van der Waals surface area contributed by atoms with Crippen LogP contribution in [0.25, 0.3) is 0 Å². The van der Waals surface area contributed by atoms with Crippen LogP contribution in [0.5, 0.6) is 0 Å². The molecule has 9 atom stereocenters. The van der Waals surface area contributed by atoms with Gasteiger partial charge in [-0.3, -0.25) is 4.79 Å². The highest BCUT2D eigenvalue weighted by atomic mass is 16.7. The summed E-state index contributed by atoms with van der Waals surface area (Å²) in [5, 5.41) is 75.8. The van der Waals surface area contributed by atoms with Crippen LogP contribution < -0.4 is 5.32 Å². The molecule has 0 bridgehead atoms. The van der Waals surface area contributed by atoms with E-state index in [0.29, 0.717) is 19.3 Å². The van der Waals surface area contributed by atoms with Crippen molar-refractivity contribution in [1.29, 1.82) is 0 Å². The van der Waals surface area contributed by atoms with Crippen LogP contribution in [0.15, 0.2) is 24.3 Å². The number of hydrogen-bond acceptors (Lipinski definition) is 10. The third kappa shape index (κ3) is 29.9. The fraction of sp³-hybridized carbons (Fsp3) is 0.902. The third-order valence-corrected chi connectivity index (χ3v) is 12.5. The highest BCUT2D eigenvalue weighted by Crippen LogP contribution is 2.23. The Morgan fingerprint density at radius 3 is 1.44 bits per heavy atom. The van der Waals surface area contributed by atoms with Crippen LogP contribution >= 0.6 is 0 Å². The van der Waals surface area contributed by atoms with Gasteiger partial charge >= 0.3 is 0 Å². The molecule has 1 rings (SSSR count). The summed E-state index contributed by atoms with van der Waals surface area (Å²) < 4.78 is 11.1. The second-order valence-electron chi connectivity index (χ2n) is 18.2. The van der Waals surface area contributed by atoms with Crippen LogP contribution in [0.2, 0.25) is 0 Å². The number of amides is 1. The lowest BCUT2D eigenvalue weighted by molar-refractivity contribution is -0.303. The summed E-state index contributed by atoms with van der Waals surface area (Å²) >= 11 is 0. The Morgan fingerprint density at radius 1 is 0.548 bits per heavy atom. The number of rotatable bonds is 43. The first kappa shape index (κ1) is 58.6. The summed E-state index contributed by atoms with van der Waals surface area (Å²) in [5.74, 6) is -0.708. The molecule has 0 aliphatic carbocycles. The van der Waals surface area contributed by atoms with Gasteiger partial charge in [-0.25, -0.2) is 0 Å². The molecule has 1 heterocycles. The maximum Gasteiger partial charge on any atom is 0.249 e. The van der Waals surface area contributed by atoms with E-state index in [0.717, 1.165) is 38.5 Å². The summed E-state index contributed by atoms with van der Waals surface area (Å²) in [4.78, 5) is 13.1. The number of carbonyl (C=O) groups excluding carboxylic acids is 1. The second-order valence-corrected chi connectivity index (χ2v) is 18.2. The Balaban J connectivity index is 2.43. The van der Waals surface area contributed by atoms with Crippen molar-refractivity contribution in [3.63, 3.8) is 0 Å². The summed E-state index contributed by atoms with van der Waals surface area (Å²) in [6.45, 7) is 3.44. The van der Waals surface area contributed by atoms with E-state index in [2.05, 4.69) is 43.5 Å². The molecule has 0 saturated carbocycles. The van der Waals surface area contributed by atoms with E-state index in [9.17, 15) is 40.5 Å². The van der Waals surface area contributed by atoms with Gasteiger partial charge in [0.2, 0.25) is 5.91 Å². The van der Waals surface area contributed by atoms with Gasteiger partial charge in [0.25, 0.3) is 0 Å². The van der Waals surface area contributed by atoms with Gasteiger partial charge in [0, 0.05) is 0 Å². The third-order valence-electron chi connectivity index (χ3n) is 12.5. The Kier molecular flexibility index (Phi) is 38.8. The van der Waals surface area contributed by atoms with Gasteiger partial charge in [-0.05, 0) is 51.4 Å². The number of aliphatic hydroxyl groups is 7. The maximum absolute atomic E-state index is 13.1. The summed E-state index contributed by atoms with van der Waals surface area (Å²) in [7, 11) is 0. The zero-order valence-electron chi connectivity index (χ0n) is 39.6. The number of allylic oxidation sites excluding steroid dienone is 4. The van der Waals surface area contributed by atoms with Crippen LogP contribution in [-0.2, 0) is 14.3 Å². The van der Waals surface area contributed by atoms with Gasteiger partial charge in [0.15, 0.2) is 6.29 Å². The van der Waals surface area contributed by atoms with E-state index < -0.39 is 74.2 Å². The summed E-state index contributed by atoms with van der Waals surface area (Å²) in [6, 6.07) is -1.19. The molecule has 1 fully saturated rings. The molecular weight excluding hydrogens is 787 g/mol. The molecule has 0 aromatic rings. The summed E-state index contributed by atoms with van der Waals surface area (Å²) in [6.07, 6.45) is 35.1. The second kappa shape index (κ2) is 41.1. The first-order valence-corrected chi connectivity index (χ1v) is 25.7. The van der Waals surface area contributed by atoms with Crippen molar-refractivity contribution in [2.75, 3.05) is 13.2 Å². The molecule has 11 heteroatoms. The number of nitrogens with one attached hydrogen (secondary N) is 1. The first-order valence-electron chi connectivity index (χ1n) is 25.7. The highest BCUT2D eigenvalue weighted by molar-refractivity contribution is 5.80. The number of hydrogen-bond donors (Lipinski definition) is 8. The molecule has 1 aliphatic heterocycles. The molecule has 0 aromatic carbocycles. The van der Waals surface area contributed by atoms with Gasteiger partial charge in [-0.2, -0.15) is 0 Å². The largest absolute Gasteiger partial charge is 0.394 e. The van der Waals surface area contributed by atoms with Gasteiger partial charge < -0.3 is 50.5 Å². The topological polar surface area (TPSA) is 189 Å². The Hall–Kier alpha value is -1.41. The number of unbranched alkanes of at least 4 members (excludes halogenated alkanes) is 27. The van der Waals surface area contributed by atoms with Gasteiger partial charge in [-0.15, -0.1) is 0 Å². The fourth-order valence-corrected chi connectivity index (χ4v) is 8.22. The van der Waals surface area contributed by atoms with E-state index in [1.165, 1.54) is 141 Å². The SMILES string of the molecule is CCCCCCCCCCC/C=C/CC/C=C/CCCC(O)C(O)C(COC1OC(CO)C(O)C(O)C1O)NC(=O)C(O)CCCCCCCCCCCCCCCCCCC. The lowest BCUT2D eigenvalue weighted by Crippen LogP contribution is -2.60. The Morgan fingerprint density at radius 2 is 0.968 bits per heavy atom. The van der Waals surface area contributed by atoms with Crippen molar-refractivity contribution in [2.45, 2.75) is 281 Å². The van der Waals surface area contributed by atoms with Crippen LogP contribution in [-0.4, -0.2) is 110 Å². The van der Waals surface area contributed by atoms with Crippen LogP contribution in [0.4, 0.5) is 0 Å². The van der Waals surface area contributed by atoms with Crippen molar-refractivity contribution in [2.24, 2.45) is 0 Å². The van der Waals surface area contributed by atoms with Crippen molar-refractivity contribution < 1.29 is 50.0 Å². The van der Waals surface area contributed by atoms with E-state index in [-0.39, 0.29) is 12.8 Å². The van der Waals surface area contributed by atoms with Gasteiger partial charge in [-0.1, -0.05) is 199 Å². The van der Waals surface area contributed by atoms with Crippen molar-refractivity contribution >= 4 is 5.91 Å². The van der Waals surface area contributed by atoms with E-state index >= 15 is 0 Å². The quantitative estimate of drug-likeness (QED) is 0.0216. The molecule has 0 spiro atoms. The van der Waals surface area contributed by atoms with E-state index in [1.54, 1.807) is 0 Å². The minimum Gasteiger partial charge on any atom is -0.394 e. The average molecular weight is 884 g/mol. The molecular formula is C51H97NO10. The predicted molar refractivity (Wildman–Crippen MR) is 252 cm³/mol. The smallest absolute Gasteiger partial charge is 0.249 e. The van der Waals surface area contributed by atoms with Gasteiger partial charge in [0.05, 0.1) is 25.4 Å². The van der Waals surface area contributed by atoms with Crippen LogP contribution in [0.3, 0.4) is 0 Å². The van der Waals surface area contributed by atoms with E-state index in [4.69, 9.17) is 9.47 Å². The zero-order valence-corrected chi connectivity index (χ0v) is 39.6. The first-order chi connectivity index (χ1) is 30.2. The minimum absolute atomic E-state index is 0.248. The Labute approximate surface area is 378 Å². The normalized spacial score (nSPS) is 21.5. The fourth-order valence-electron chi connectivity index (χ4n) is 8.22. The van der Waals surface area contributed by atoms with Crippen molar-refractivity contribution in [1.82, 2.24) is 5.32 Å². The Bertz CT molecular complexity index is 1060. The maximum atomic E-state index is 13.1. The highest BCUT2D eigenvalue weighted by Gasteiger charge is 2.44. The number of carbonyl (C=O) groups is 1. The molecule has 0 radical (unpaired) electrons. The van der Waals surface area contributed by atoms with Crippen LogP contribution in [0, 0.1) is 0 Å². The molecule has 366 valence electrons. The molecule has 11 nitrogen and oxygen atoms in total. The molecule has 9 unspecified atom stereocenters. The van der Waals surface area contributed by atoms with Crippen molar-refractivity contribution in [3.8, 4) is 0 Å². The van der Waals surface area contributed by atoms with Gasteiger partial charge in [0.1, 0.15) is 36.6 Å². The van der Waals surface area contributed by atoms with Crippen molar-refractivity contribution in [3.05, 3.63) is 24.3 Å². The lowest BCUT2D eigenvalue weighted by atomic mass is 9.98.